The number of Topliss-reactive ketones (excluding diaryl/α,β-unsaturated/α-hetero) is 1. The Morgan fingerprint density at radius 2 is 1.87 bits per heavy atom. The van der Waals surface area contributed by atoms with Gasteiger partial charge in [0.05, 0.1) is 16.6 Å². The van der Waals surface area contributed by atoms with E-state index < -0.39 is 11.0 Å². The van der Waals surface area contributed by atoms with Gasteiger partial charge in [-0.1, -0.05) is 13.0 Å². The van der Waals surface area contributed by atoms with Crippen LogP contribution in [0.15, 0.2) is 11.6 Å². The Labute approximate surface area is 135 Å². The Morgan fingerprint density at radius 3 is 2.57 bits per heavy atom. The summed E-state index contributed by atoms with van der Waals surface area (Å²) >= 11 is 0. The zero-order chi connectivity index (χ0) is 16.1. The first kappa shape index (κ1) is 13.2. The number of carbonyl (C=O) groups excluding carboxylic acids is 2. The SMILES string of the molecule is C/C=C1/C(=O)O[C@H]2[C@@H]1O[C@]1(C)[C@H]2[C@@]2(C)[C@H]3[C@H]4C[C@H]4[C@@H]2C(=O)[C@]31C. The number of hydrogen-bond acceptors (Lipinski definition) is 4. The fourth-order valence-corrected chi connectivity index (χ4v) is 8.31. The standard InChI is InChI=1S/C19H22O4/c1-5-7-11-12(22-16(7)21)14-17(2)10-8-6-9(8)13(17)18(3,15(10)20)19(14,4)23-11/h5,8-14H,6H2,1-4H3/b7-5+/t8-,9+,10-,11-,12+,13-,14-,17-,18+,19-/m1/s1. The minimum Gasteiger partial charge on any atom is -0.455 e. The number of rotatable bonds is 0. The molecule has 4 saturated carbocycles. The fourth-order valence-electron chi connectivity index (χ4n) is 8.31. The van der Waals surface area contributed by atoms with Gasteiger partial charge in [0.25, 0.3) is 0 Å². The summed E-state index contributed by atoms with van der Waals surface area (Å²) in [5.74, 6) is 2.19. The third-order valence-corrected chi connectivity index (χ3v) is 8.89. The molecule has 2 saturated heterocycles. The summed E-state index contributed by atoms with van der Waals surface area (Å²) in [5, 5.41) is 0. The lowest BCUT2D eigenvalue weighted by molar-refractivity contribution is -0.166. The topological polar surface area (TPSA) is 52.6 Å². The van der Waals surface area contributed by atoms with E-state index in [0.717, 1.165) is 0 Å². The first-order chi connectivity index (χ1) is 10.8. The highest BCUT2D eigenvalue weighted by molar-refractivity contribution is 5.97. The molecule has 0 unspecified atom stereocenters. The molecule has 6 aliphatic rings. The van der Waals surface area contributed by atoms with Gasteiger partial charge in [0.2, 0.25) is 0 Å². The first-order valence-corrected chi connectivity index (χ1v) is 8.91. The molecule has 2 heterocycles. The number of ketones is 1. The van der Waals surface area contributed by atoms with Crippen molar-refractivity contribution in [3.63, 3.8) is 0 Å². The molecule has 6 fully saturated rings. The average Bonchev–Trinajstić information content (AvgIpc) is 2.87. The summed E-state index contributed by atoms with van der Waals surface area (Å²) < 4.78 is 12.3. The summed E-state index contributed by atoms with van der Waals surface area (Å²) in [6, 6.07) is 0. The summed E-state index contributed by atoms with van der Waals surface area (Å²) in [4.78, 5) is 25.5. The van der Waals surface area contributed by atoms with Crippen LogP contribution in [0.4, 0.5) is 0 Å². The Kier molecular flexibility index (Phi) is 1.82. The predicted molar refractivity (Wildman–Crippen MR) is 80.2 cm³/mol. The molecule has 4 aliphatic carbocycles. The van der Waals surface area contributed by atoms with Gasteiger partial charge < -0.3 is 9.47 Å². The summed E-state index contributed by atoms with van der Waals surface area (Å²) in [6.45, 7) is 8.42. The van der Waals surface area contributed by atoms with Gasteiger partial charge >= 0.3 is 5.97 Å². The highest BCUT2D eigenvalue weighted by Crippen LogP contribution is 2.88. The van der Waals surface area contributed by atoms with Gasteiger partial charge in [0, 0.05) is 11.8 Å². The van der Waals surface area contributed by atoms with Crippen LogP contribution in [-0.4, -0.2) is 29.6 Å². The molecule has 4 nitrogen and oxygen atoms in total. The van der Waals surface area contributed by atoms with Crippen LogP contribution in [-0.2, 0) is 19.1 Å². The summed E-state index contributed by atoms with van der Waals surface area (Å²) in [6.07, 6.45) is 2.53. The number of allylic oxidation sites excluding steroid dienone is 1. The fraction of sp³-hybridized carbons (Fsp3) is 0.789. The molecule has 4 bridgehead atoms. The van der Waals surface area contributed by atoms with Gasteiger partial charge in [-0.05, 0) is 50.4 Å². The van der Waals surface area contributed by atoms with E-state index in [0.29, 0.717) is 29.1 Å². The van der Waals surface area contributed by atoms with E-state index in [2.05, 4.69) is 20.8 Å². The van der Waals surface area contributed by atoms with E-state index in [1.165, 1.54) is 6.42 Å². The zero-order valence-corrected chi connectivity index (χ0v) is 14.0. The average molecular weight is 314 g/mol. The van der Waals surface area contributed by atoms with E-state index in [4.69, 9.17) is 9.47 Å². The number of carbonyl (C=O) groups is 2. The highest BCUT2D eigenvalue weighted by atomic mass is 16.6. The van der Waals surface area contributed by atoms with Gasteiger partial charge in [-0.25, -0.2) is 4.79 Å². The van der Waals surface area contributed by atoms with Crippen molar-refractivity contribution >= 4 is 11.8 Å². The minimum absolute atomic E-state index is 0.0585. The monoisotopic (exact) mass is 314 g/mol. The first-order valence-electron chi connectivity index (χ1n) is 8.91. The van der Waals surface area contributed by atoms with Crippen molar-refractivity contribution in [2.45, 2.75) is 51.9 Å². The molecule has 2 aliphatic heterocycles. The van der Waals surface area contributed by atoms with Crippen LogP contribution >= 0.6 is 0 Å². The molecule has 0 radical (unpaired) electrons. The van der Waals surface area contributed by atoms with Crippen molar-refractivity contribution < 1.29 is 19.1 Å². The molecule has 0 amide bonds. The third-order valence-electron chi connectivity index (χ3n) is 8.89. The number of ether oxygens (including phenoxy) is 2. The molecule has 122 valence electrons. The molecule has 6 rings (SSSR count). The molecule has 0 aromatic carbocycles. The molecule has 0 aromatic heterocycles. The maximum absolute atomic E-state index is 13.3. The molecular formula is C19H22O4. The normalized spacial score (nSPS) is 68.3. The molecule has 0 spiro atoms. The van der Waals surface area contributed by atoms with Crippen molar-refractivity contribution in [3.05, 3.63) is 11.6 Å². The van der Waals surface area contributed by atoms with E-state index in [1.807, 2.05) is 13.0 Å². The molecule has 0 N–H and O–H groups in total. The third kappa shape index (κ3) is 0.937. The lowest BCUT2D eigenvalue weighted by Gasteiger charge is -2.47. The van der Waals surface area contributed by atoms with Gasteiger partial charge in [0.1, 0.15) is 18.0 Å². The van der Waals surface area contributed by atoms with Gasteiger partial charge in [0.15, 0.2) is 0 Å². The molecule has 4 heteroatoms. The van der Waals surface area contributed by atoms with Gasteiger partial charge in [-0.2, -0.15) is 0 Å². The number of esters is 1. The van der Waals surface area contributed by atoms with Crippen molar-refractivity contribution in [3.8, 4) is 0 Å². The second kappa shape index (κ2) is 3.17. The highest BCUT2D eigenvalue weighted by Gasteiger charge is 2.93. The van der Waals surface area contributed by atoms with Crippen LogP contribution in [0.2, 0.25) is 0 Å². The Balaban J connectivity index is 1.58. The zero-order valence-electron chi connectivity index (χ0n) is 14.0. The maximum Gasteiger partial charge on any atom is 0.336 e. The lowest BCUT2D eigenvalue weighted by atomic mass is 9.58. The van der Waals surface area contributed by atoms with Crippen LogP contribution in [0.5, 0.6) is 0 Å². The molecule has 23 heavy (non-hydrogen) atoms. The number of hydrogen-bond donors (Lipinski definition) is 0. The minimum atomic E-state index is -0.502. The lowest BCUT2D eigenvalue weighted by Crippen LogP contribution is -2.58. The van der Waals surface area contributed by atoms with E-state index in [1.54, 1.807) is 0 Å². The number of fused-ring (bicyclic) bond motifs is 6. The second-order valence-corrected chi connectivity index (χ2v) is 9.19. The Bertz CT molecular complexity index is 740. The Morgan fingerprint density at radius 1 is 1.13 bits per heavy atom. The van der Waals surface area contributed by atoms with Gasteiger partial charge in [-0.15, -0.1) is 0 Å². The van der Waals surface area contributed by atoms with Crippen molar-refractivity contribution in [2.24, 2.45) is 40.4 Å². The van der Waals surface area contributed by atoms with E-state index >= 15 is 0 Å². The predicted octanol–water partition coefficient (Wildman–Crippen LogP) is 2.12. The largest absolute Gasteiger partial charge is 0.455 e. The van der Waals surface area contributed by atoms with Crippen molar-refractivity contribution in [2.75, 3.05) is 0 Å². The van der Waals surface area contributed by atoms with E-state index in [9.17, 15) is 9.59 Å². The molecular weight excluding hydrogens is 292 g/mol. The smallest absolute Gasteiger partial charge is 0.336 e. The van der Waals surface area contributed by atoms with Crippen molar-refractivity contribution in [1.29, 1.82) is 0 Å². The van der Waals surface area contributed by atoms with Crippen LogP contribution in [0.1, 0.15) is 34.1 Å². The second-order valence-electron chi connectivity index (χ2n) is 9.19. The van der Waals surface area contributed by atoms with Crippen LogP contribution in [0.25, 0.3) is 0 Å². The molecule has 10 atom stereocenters. The summed E-state index contributed by atoms with van der Waals surface area (Å²) in [7, 11) is 0. The van der Waals surface area contributed by atoms with Crippen LogP contribution in [0.3, 0.4) is 0 Å². The van der Waals surface area contributed by atoms with Crippen LogP contribution < -0.4 is 0 Å². The summed E-state index contributed by atoms with van der Waals surface area (Å²) in [5.41, 5.74) is -0.332. The van der Waals surface area contributed by atoms with Gasteiger partial charge in [-0.3, -0.25) is 4.79 Å². The molecule has 0 aromatic rings. The van der Waals surface area contributed by atoms with Crippen molar-refractivity contribution in [1.82, 2.24) is 0 Å². The van der Waals surface area contributed by atoms with Crippen LogP contribution in [0, 0.1) is 40.4 Å². The quantitative estimate of drug-likeness (QED) is 0.508. The maximum atomic E-state index is 13.3. The van der Waals surface area contributed by atoms with E-state index in [-0.39, 0.29) is 35.4 Å². The Hall–Kier alpha value is -1.16.